The van der Waals surface area contributed by atoms with E-state index in [4.69, 9.17) is 17.0 Å². The first kappa shape index (κ1) is 18.6. The number of thiocarbonyl (C=S) groups is 1. The summed E-state index contributed by atoms with van der Waals surface area (Å²) < 4.78 is 9.30. The Balaban J connectivity index is 1.81. The minimum Gasteiger partial charge on any atom is -0.383 e. The maximum Gasteiger partial charge on any atom is 0.170 e. The number of nitrogens with zero attached hydrogens (tertiary/aromatic N) is 6. The monoisotopic (exact) mass is 397 g/mol. The summed E-state index contributed by atoms with van der Waals surface area (Å²) in [6.45, 7) is 5.48. The molecule has 0 saturated carbocycles. The lowest BCUT2D eigenvalue weighted by Gasteiger charge is -2.27. The lowest BCUT2D eigenvalue weighted by Crippen LogP contribution is -2.32. The van der Waals surface area contributed by atoms with Crippen LogP contribution in [0.25, 0.3) is 0 Å². The topological polar surface area (TPSA) is 73.0 Å². The number of nitrogens with one attached hydrogen (secondary N) is 1. The van der Waals surface area contributed by atoms with Gasteiger partial charge in [0.1, 0.15) is 12.7 Å². The lowest BCUT2D eigenvalue weighted by atomic mass is 9.97. The van der Waals surface area contributed by atoms with E-state index >= 15 is 0 Å². The SMILES string of the molecule is COCCN1C(=S)N[C@@H](c2ccccn2)[C@@H]1c1cc(C)n(-n2cnnc2)c1C. The molecule has 0 radical (unpaired) electrons. The maximum atomic E-state index is 5.67. The van der Waals surface area contributed by atoms with Crippen molar-refractivity contribution < 1.29 is 4.74 Å². The van der Waals surface area contributed by atoms with Crippen molar-refractivity contribution >= 4 is 17.3 Å². The molecule has 1 N–H and O–H groups in total. The molecule has 146 valence electrons. The fourth-order valence-corrected chi connectivity index (χ4v) is 4.24. The first-order valence-corrected chi connectivity index (χ1v) is 9.53. The Morgan fingerprint density at radius 2 is 2.00 bits per heavy atom. The number of pyridine rings is 1. The van der Waals surface area contributed by atoms with Crippen LogP contribution in [0.5, 0.6) is 0 Å². The number of hydrogen-bond donors (Lipinski definition) is 1. The van der Waals surface area contributed by atoms with Crippen LogP contribution in [0.2, 0.25) is 0 Å². The van der Waals surface area contributed by atoms with Gasteiger partial charge >= 0.3 is 0 Å². The molecule has 3 aromatic heterocycles. The predicted molar refractivity (Wildman–Crippen MR) is 109 cm³/mol. The second-order valence-electron chi connectivity index (χ2n) is 6.79. The van der Waals surface area contributed by atoms with Gasteiger partial charge in [0.05, 0.1) is 24.4 Å². The quantitative estimate of drug-likeness (QED) is 0.638. The fourth-order valence-electron chi connectivity index (χ4n) is 3.91. The molecule has 0 spiro atoms. The van der Waals surface area contributed by atoms with Crippen LogP contribution in [-0.4, -0.2) is 54.8 Å². The molecule has 0 aromatic carbocycles. The second kappa shape index (κ2) is 7.69. The number of hydrogen-bond acceptors (Lipinski definition) is 5. The Kier molecular flexibility index (Phi) is 5.10. The minimum atomic E-state index is -0.0413. The number of rotatable bonds is 6. The van der Waals surface area contributed by atoms with Gasteiger partial charge in [0.15, 0.2) is 5.11 Å². The average Bonchev–Trinajstić information content (AvgIpc) is 3.39. The Hall–Kier alpha value is -2.78. The molecule has 4 heterocycles. The lowest BCUT2D eigenvalue weighted by molar-refractivity contribution is 0.164. The molecule has 0 bridgehead atoms. The first-order valence-electron chi connectivity index (χ1n) is 9.13. The summed E-state index contributed by atoms with van der Waals surface area (Å²) in [5, 5.41) is 12.1. The molecule has 1 aliphatic heterocycles. The van der Waals surface area contributed by atoms with Crippen molar-refractivity contribution in [1.82, 2.24) is 34.8 Å². The minimum absolute atomic E-state index is 0.00832. The van der Waals surface area contributed by atoms with Crippen LogP contribution in [0.1, 0.15) is 34.7 Å². The maximum absolute atomic E-state index is 5.67. The van der Waals surface area contributed by atoms with Gasteiger partial charge in [-0.2, -0.15) is 0 Å². The number of ether oxygens (including phenoxy) is 1. The highest BCUT2D eigenvalue weighted by Crippen LogP contribution is 2.40. The molecule has 28 heavy (non-hydrogen) atoms. The van der Waals surface area contributed by atoms with Crippen LogP contribution in [0.3, 0.4) is 0 Å². The van der Waals surface area contributed by atoms with E-state index in [2.05, 4.69) is 50.0 Å². The highest BCUT2D eigenvalue weighted by molar-refractivity contribution is 7.80. The summed E-state index contributed by atoms with van der Waals surface area (Å²) in [5.74, 6) is 0. The Bertz CT molecular complexity index is 954. The van der Waals surface area contributed by atoms with Crippen molar-refractivity contribution in [3.05, 3.63) is 65.8 Å². The summed E-state index contributed by atoms with van der Waals surface area (Å²) in [5.41, 5.74) is 4.35. The van der Waals surface area contributed by atoms with Crippen LogP contribution in [0, 0.1) is 13.8 Å². The largest absolute Gasteiger partial charge is 0.383 e. The van der Waals surface area contributed by atoms with Crippen LogP contribution >= 0.6 is 12.2 Å². The van der Waals surface area contributed by atoms with E-state index in [-0.39, 0.29) is 12.1 Å². The van der Waals surface area contributed by atoms with Gasteiger partial charge < -0.3 is 15.0 Å². The van der Waals surface area contributed by atoms with Gasteiger partial charge in [-0.05, 0) is 44.3 Å². The van der Waals surface area contributed by atoms with Gasteiger partial charge in [0.25, 0.3) is 0 Å². The van der Waals surface area contributed by atoms with E-state index in [1.165, 1.54) is 5.56 Å². The van der Waals surface area contributed by atoms with Crippen molar-refractivity contribution in [2.45, 2.75) is 25.9 Å². The number of methoxy groups -OCH3 is 1. The summed E-state index contributed by atoms with van der Waals surface area (Å²) >= 11 is 5.67. The smallest absolute Gasteiger partial charge is 0.170 e. The van der Waals surface area contributed by atoms with Crippen molar-refractivity contribution in [2.24, 2.45) is 0 Å². The van der Waals surface area contributed by atoms with Gasteiger partial charge in [-0.25, -0.2) is 4.68 Å². The highest BCUT2D eigenvalue weighted by atomic mass is 32.1. The van der Waals surface area contributed by atoms with E-state index in [9.17, 15) is 0 Å². The summed E-state index contributed by atoms with van der Waals surface area (Å²) in [7, 11) is 1.70. The Morgan fingerprint density at radius 3 is 2.68 bits per heavy atom. The molecule has 0 aliphatic carbocycles. The molecular formula is C19H23N7OS. The zero-order valence-electron chi connectivity index (χ0n) is 16.1. The van der Waals surface area contributed by atoms with Crippen LogP contribution in [0.15, 0.2) is 43.1 Å². The van der Waals surface area contributed by atoms with E-state index in [1.807, 2.05) is 29.1 Å². The summed E-state index contributed by atoms with van der Waals surface area (Å²) in [6, 6.07) is 8.13. The van der Waals surface area contributed by atoms with E-state index in [1.54, 1.807) is 19.8 Å². The van der Waals surface area contributed by atoms with Crippen LogP contribution < -0.4 is 5.32 Å². The summed E-state index contributed by atoms with van der Waals surface area (Å²) in [4.78, 5) is 6.77. The molecule has 2 atom stereocenters. The Morgan fingerprint density at radius 1 is 1.21 bits per heavy atom. The van der Waals surface area contributed by atoms with Gasteiger partial charge in [-0.15, -0.1) is 10.2 Å². The highest BCUT2D eigenvalue weighted by Gasteiger charge is 2.41. The van der Waals surface area contributed by atoms with Crippen molar-refractivity contribution in [1.29, 1.82) is 0 Å². The fraction of sp³-hybridized carbons (Fsp3) is 0.368. The van der Waals surface area contributed by atoms with E-state index in [0.29, 0.717) is 18.3 Å². The first-order chi connectivity index (χ1) is 13.6. The third-order valence-electron chi connectivity index (χ3n) is 5.12. The molecular weight excluding hydrogens is 374 g/mol. The normalized spacial score (nSPS) is 19.2. The van der Waals surface area contributed by atoms with Crippen molar-refractivity contribution in [3.8, 4) is 0 Å². The zero-order chi connectivity index (χ0) is 19.7. The van der Waals surface area contributed by atoms with E-state index < -0.39 is 0 Å². The molecule has 1 aliphatic rings. The third-order valence-corrected chi connectivity index (χ3v) is 5.48. The third kappa shape index (κ3) is 3.16. The Labute approximate surface area is 169 Å². The van der Waals surface area contributed by atoms with Crippen molar-refractivity contribution in [3.63, 3.8) is 0 Å². The molecule has 9 heteroatoms. The number of aryl methyl sites for hydroxylation is 1. The average molecular weight is 398 g/mol. The zero-order valence-corrected chi connectivity index (χ0v) is 16.9. The molecule has 8 nitrogen and oxygen atoms in total. The van der Waals surface area contributed by atoms with E-state index in [0.717, 1.165) is 17.1 Å². The molecule has 1 fully saturated rings. The van der Waals surface area contributed by atoms with Crippen LogP contribution in [-0.2, 0) is 4.74 Å². The van der Waals surface area contributed by atoms with Crippen molar-refractivity contribution in [2.75, 3.05) is 20.3 Å². The molecule has 1 saturated heterocycles. The number of aromatic nitrogens is 5. The molecule has 4 rings (SSSR count). The molecule has 0 unspecified atom stereocenters. The molecule has 3 aromatic rings. The van der Waals surface area contributed by atoms with Gasteiger partial charge in [0, 0.05) is 36.8 Å². The van der Waals surface area contributed by atoms with Crippen LogP contribution in [0.4, 0.5) is 0 Å². The summed E-state index contributed by atoms with van der Waals surface area (Å²) in [6.07, 6.45) is 5.20. The van der Waals surface area contributed by atoms with Gasteiger partial charge in [-0.1, -0.05) is 6.07 Å². The second-order valence-corrected chi connectivity index (χ2v) is 7.18. The van der Waals surface area contributed by atoms with Gasteiger partial charge in [-0.3, -0.25) is 9.66 Å². The molecule has 0 amide bonds. The standard InChI is InChI=1S/C19H23N7OS/c1-13-10-15(14(2)26(13)24-11-21-22-12-24)18-17(16-6-4-5-7-20-16)23-19(28)25(18)8-9-27-3/h4-7,10-12,17-18H,8-9H2,1-3H3,(H,23,28)/t17-,18-/m0/s1. The predicted octanol–water partition coefficient (Wildman–Crippen LogP) is 2.02. The van der Waals surface area contributed by atoms with Gasteiger partial charge in [0.2, 0.25) is 0 Å².